The fraction of sp³-hybridized carbons (Fsp3) is 0. The number of hydrogen-bond acceptors (Lipinski definition) is 6. The summed E-state index contributed by atoms with van der Waals surface area (Å²) in [7, 11) is 0. The molecule has 9 rings (SSSR count). The van der Waals surface area contributed by atoms with E-state index in [1.807, 2.05) is 66.7 Å². The van der Waals surface area contributed by atoms with E-state index in [-0.39, 0.29) is 0 Å². The third-order valence-electron chi connectivity index (χ3n) is 9.30. The summed E-state index contributed by atoms with van der Waals surface area (Å²) in [5, 5.41) is 0. The third kappa shape index (κ3) is 6.92. The Hall–Kier alpha value is -7.44. The molecule has 54 heavy (non-hydrogen) atoms. The molecule has 0 spiro atoms. The standard InChI is InChI=1S/C48H32N6/c1-3-11-33(12-4-1)34-20-22-37(23-21-34)47-52-46(36-13-5-2-6-14-36)53-48(54-47)41-18-10-16-39(30-41)38-15-9-17-40(29-38)42-31-44(35-24-27-49-28-25-35)51-45(32-42)43-19-7-8-26-50-43/h1-32H. The fourth-order valence-corrected chi connectivity index (χ4v) is 6.52. The summed E-state index contributed by atoms with van der Waals surface area (Å²) in [6.45, 7) is 0. The van der Waals surface area contributed by atoms with E-state index >= 15 is 0 Å². The topological polar surface area (TPSA) is 77.3 Å². The van der Waals surface area contributed by atoms with Crippen LogP contribution in [0, 0.1) is 0 Å². The lowest BCUT2D eigenvalue weighted by atomic mass is 9.96. The van der Waals surface area contributed by atoms with Crippen LogP contribution >= 0.6 is 0 Å². The molecule has 254 valence electrons. The zero-order chi connectivity index (χ0) is 36.1. The van der Waals surface area contributed by atoms with E-state index in [9.17, 15) is 0 Å². The summed E-state index contributed by atoms with van der Waals surface area (Å²) in [5.74, 6) is 1.86. The van der Waals surface area contributed by atoms with E-state index in [0.29, 0.717) is 17.5 Å². The molecule has 0 N–H and O–H groups in total. The van der Waals surface area contributed by atoms with Crippen molar-refractivity contribution in [2.24, 2.45) is 0 Å². The second-order valence-corrected chi connectivity index (χ2v) is 12.9. The van der Waals surface area contributed by atoms with Crippen molar-refractivity contribution >= 4 is 0 Å². The van der Waals surface area contributed by atoms with Gasteiger partial charge in [-0.2, -0.15) is 0 Å². The van der Waals surface area contributed by atoms with Crippen LogP contribution in [0.15, 0.2) is 195 Å². The summed E-state index contributed by atoms with van der Waals surface area (Å²) in [4.78, 5) is 28.8. The van der Waals surface area contributed by atoms with Gasteiger partial charge in [-0.25, -0.2) is 19.9 Å². The molecule has 0 aliphatic heterocycles. The molecule has 0 bridgehead atoms. The lowest BCUT2D eigenvalue weighted by molar-refractivity contribution is 1.07. The Morgan fingerprint density at radius 3 is 1.37 bits per heavy atom. The average molecular weight is 693 g/mol. The van der Waals surface area contributed by atoms with Gasteiger partial charge < -0.3 is 0 Å². The molecule has 4 aromatic heterocycles. The van der Waals surface area contributed by atoms with Crippen molar-refractivity contribution in [2.75, 3.05) is 0 Å². The monoisotopic (exact) mass is 692 g/mol. The molecular formula is C48H32N6. The molecule has 0 saturated carbocycles. The van der Waals surface area contributed by atoms with Crippen molar-refractivity contribution in [3.8, 4) is 90.2 Å². The Kier molecular flexibility index (Phi) is 8.81. The van der Waals surface area contributed by atoms with Crippen LogP contribution in [-0.2, 0) is 0 Å². The molecule has 0 saturated heterocycles. The van der Waals surface area contributed by atoms with Gasteiger partial charge in [-0.15, -0.1) is 0 Å². The van der Waals surface area contributed by atoms with E-state index in [2.05, 4.69) is 119 Å². The number of nitrogens with zero attached hydrogens (tertiary/aromatic N) is 6. The molecule has 0 atom stereocenters. The Labute approximate surface area is 313 Å². The van der Waals surface area contributed by atoms with Gasteiger partial charge in [0.2, 0.25) is 0 Å². The summed E-state index contributed by atoms with van der Waals surface area (Å²) in [6, 6.07) is 59.9. The van der Waals surface area contributed by atoms with Gasteiger partial charge in [-0.05, 0) is 81.9 Å². The van der Waals surface area contributed by atoms with Crippen LogP contribution < -0.4 is 0 Å². The zero-order valence-electron chi connectivity index (χ0n) is 29.2. The molecule has 6 nitrogen and oxygen atoms in total. The van der Waals surface area contributed by atoms with Gasteiger partial charge in [-0.3, -0.25) is 9.97 Å². The zero-order valence-corrected chi connectivity index (χ0v) is 29.2. The predicted octanol–water partition coefficient (Wildman–Crippen LogP) is 11.4. The molecule has 0 fully saturated rings. The van der Waals surface area contributed by atoms with Crippen LogP contribution in [0.4, 0.5) is 0 Å². The lowest BCUT2D eigenvalue weighted by Gasteiger charge is -2.12. The van der Waals surface area contributed by atoms with Crippen LogP contribution in [0.1, 0.15) is 0 Å². The Balaban J connectivity index is 1.10. The second kappa shape index (κ2) is 14.7. The maximum Gasteiger partial charge on any atom is 0.164 e. The van der Waals surface area contributed by atoms with Crippen molar-refractivity contribution in [3.63, 3.8) is 0 Å². The van der Waals surface area contributed by atoms with E-state index in [1.165, 1.54) is 0 Å². The number of aromatic nitrogens is 6. The van der Waals surface area contributed by atoms with Crippen LogP contribution in [0.25, 0.3) is 90.2 Å². The van der Waals surface area contributed by atoms with Gasteiger partial charge in [0.05, 0.1) is 17.1 Å². The van der Waals surface area contributed by atoms with Gasteiger partial charge in [0, 0.05) is 40.8 Å². The molecule has 6 heteroatoms. The van der Waals surface area contributed by atoms with Gasteiger partial charge in [0.1, 0.15) is 0 Å². The molecule has 9 aromatic rings. The molecule has 0 unspecified atom stereocenters. The van der Waals surface area contributed by atoms with E-state index in [1.54, 1.807) is 18.6 Å². The highest BCUT2D eigenvalue weighted by Gasteiger charge is 2.15. The molecular weight excluding hydrogens is 661 g/mol. The van der Waals surface area contributed by atoms with Crippen molar-refractivity contribution in [1.29, 1.82) is 0 Å². The summed E-state index contributed by atoms with van der Waals surface area (Å²) < 4.78 is 0. The number of benzene rings is 5. The summed E-state index contributed by atoms with van der Waals surface area (Å²) >= 11 is 0. The minimum atomic E-state index is 0.611. The molecule has 0 amide bonds. The highest BCUT2D eigenvalue weighted by atomic mass is 15.0. The van der Waals surface area contributed by atoms with Crippen LogP contribution in [0.5, 0.6) is 0 Å². The Morgan fingerprint density at radius 2 is 0.722 bits per heavy atom. The highest BCUT2D eigenvalue weighted by Crippen LogP contribution is 2.34. The summed E-state index contributed by atoms with van der Waals surface area (Å²) in [5.41, 5.74) is 12.8. The van der Waals surface area contributed by atoms with Gasteiger partial charge >= 0.3 is 0 Å². The van der Waals surface area contributed by atoms with Crippen LogP contribution in [0.2, 0.25) is 0 Å². The first kappa shape index (κ1) is 32.5. The quantitative estimate of drug-likeness (QED) is 0.158. The minimum Gasteiger partial charge on any atom is -0.265 e. The first-order chi connectivity index (χ1) is 26.7. The molecule has 0 aliphatic carbocycles. The minimum absolute atomic E-state index is 0.611. The fourth-order valence-electron chi connectivity index (χ4n) is 6.52. The average Bonchev–Trinajstić information content (AvgIpc) is 3.27. The van der Waals surface area contributed by atoms with Gasteiger partial charge in [0.25, 0.3) is 0 Å². The third-order valence-corrected chi connectivity index (χ3v) is 9.30. The van der Waals surface area contributed by atoms with Crippen LogP contribution in [0.3, 0.4) is 0 Å². The number of pyridine rings is 3. The largest absolute Gasteiger partial charge is 0.265 e. The van der Waals surface area contributed by atoms with Crippen LogP contribution in [-0.4, -0.2) is 29.9 Å². The predicted molar refractivity (Wildman–Crippen MR) is 217 cm³/mol. The number of rotatable bonds is 8. The molecule has 5 aromatic carbocycles. The van der Waals surface area contributed by atoms with Crippen molar-refractivity contribution < 1.29 is 0 Å². The maximum absolute atomic E-state index is 5.04. The number of hydrogen-bond donors (Lipinski definition) is 0. The SMILES string of the molecule is c1ccc(-c2ccc(-c3nc(-c4ccccc4)nc(-c4cccc(-c5cccc(-c6cc(-c7ccncc7)nc(-c7ccccn7)c6)c5)c4)n3)cc2)cc1. The smallest absolute Gasteiger partial charge is 0.164 e. The van der Waals surface area contributed by atoms with Gasteiger partial charge in [0.15, 0.2) is 17.5 Å². The second-order valence-electron chi connectivity index (χ2n) is 12.9. The lowest BCUT2D eigenvalue weighted by Crippen LogP contribution is -2.00. The Bertz CT molecular complexity index is 2630. The summed E-state index contributed by atoms with van der Waals surface area (Å²) in [6.07, 6.45) is 5.37. The van der Waals surface area contributed by atoms with E-state index in [0.717, 1.165) is 72.7 Å². The first-order valence-corrected chi connectivity index (χ1v) is 17.8. The van der Waals surface area contributed by atoms with E-state index in [4.69, 9.17) is 19.9 Å². The van der Waals surface area contributed by atoms with Crippen molar-refractivity contribution in [1.82, 2.24) is 29.9 Å². The molecule has 4 heterocycles. The Morgan fingerprint density at radius 1 is 0.241 bits per heavy atom. The van der Waals surface area contributed by atoms with E-state index < -0.39 is 0 Å². The van der Waals surface area contributed by atoms with Crippen molar-refractivity contribution in [2.45, 2.75) is 0 Å². The van der Waals surface area contributed by atoms with Gasteiger partial charge in [-0.1, -0.05) is 127 Å². The highest BCUT2D eigenvalue weighted by molar-refractivity contribution is 5.80. The molecule has 0 radical (unpaired) electrons. The molecule has 0 aliphatic rings. The van der Waals surface area contributed by atoms with Crippen molar-refractivity contribution in [3.05, 3.63) is 195 Å². The first-order valence-electron chi connectivity index (χ1n) is 17.8. The normalized spacial score (nSPS) is 11.0. The maximum atomic E-state index is 5.04.